The molecule has 0 aliphatic heterocycles. The number of fused-ring (bicyclic) bond motifs is 1. The molecule has 6 heteroatoms. The number of hydrogen-bond donors (Lipinski definition) is 2. The van der Waals surface area contributed by atoms with Crippen molar-refractivity contribution in [2.75, 3.05) is 5.43 Å². The average molecular weight is 344 g/mol. The van der Waals surface area contributed by atoms with E-state index in [9.17, 15) is 18.0 Å². The first-order valence-corrected chi connectivity index (χ1v) is 7.62. The second kappa shape index (κ2) is 6.84. The Bertz CT molecular complexity index is 906. The van der Waals surface area contributed by atoms with Gasteiger partial charge in [0.25, 0.3) is 0 Å². The van der Waals surface area contributed by atoms with E-state index in [0.29, 0.717) is 0 Å². The molecular formula is C19H15F3N2O. The molecule has 0 fully saturated rings. The summed E-state index contributed by atoms with van der Waals surface area (Å²) < 4.78 is 38.7. The number of rotatable bonds is 4. The minimum atomic E-state index is -4.49. The van der Waals surface area contributed by atoms with Crippen LogP contribution in [0.4, 0.5) is 18.9 Å². The van der Waals surface area contributed by atoms with Crippen LogP contribution in [0.2, 0.25) is 0 Å². The second-order valence-corrected chi connectivity index (χ2v) is 5.57. The van der Waals surface area contributed by atoms with E-state index in [2.05, 4.69) is 10.9 Å². The van der Waals surface area contributed by atoms with Gasteiger partial charge in [0.2, 0.25) is 5.91 Å². The van der Waals surface area contributed by atoms with E-state index in [0.717, 1.165) is 22.4 Å². The van der Waals surface area contributed by atoms with E-state index in [1.807, 2.05) is 42.5 Å². The first kappa shape index (κ1) is 16.8. The van der Waals surface area contributed by atoms with Gasteiger partial charge >= 0.3 is 6.18 Å². The summed E-state index contributed by atoms with van der Waals surface area (Å²) in [6.45, 7) is 0. The SMILES string of the molecule is O=C(Cc1ccc2ccccc2c1)NNc1ccccc1C(F)(F)F. The molecule has 0 unspecified atom stereocenters. The van der Waals surface area contributed by atoms with Gasteiger partial charge < -0.3 is 0 Å². The summed E-state index contributed by atoms with van der Waals surface area (Å²) >= 11 is 0. The fraction of sp³-hybridized carbons (Fsp3) is 0.105. The Kier molecular flexibility index (Phi) is 4.61. The Hall–Kier alpha value is -3.02. The summed E-state index contributed by atoms with van der Waals surface area (Å²) in [6.07, 6.45) is -4.43. The highest BCUT2D eigenvalue weighted by molar-refractivity contribution is 5.85. The zero-order chi connectivity index (χ0) is 17.9. The van der Waals surface area contributed by atoms with Gasteiger partial charge in [0, 0.05) is 0 Å². The molecule has 0 heterocycles. The molecule has 128 valence electrons. The molecule has 3 rings (SSSR count). The van der Waals surface area contributed by atoms with Gasteiger partial charge in [-0.3, -0.25) is 15.6 Å². The Labute approximate surface area is 142 Å². The maximum Gasteiger partial charge on any atom is 0.418 e. The summed E-state index contributed by atoms with van der Waals surface area (Å²) in [4.78, 5) is 12.0. The van der Waals surface area contributed by atoms with Gasteiger partial charge in [-0.25, -0.2) is 0 Å². The van der Waals surface area contributed by atoms with Crippen molar-refractivity contribution in [3.63, 3.8) is 0 Å². The Morgan fingerprint density at radius 2 is 1.56 bits per heavy atom. The van der Waals surface area contributed by atoms with Gasteiger partial charge in [-0.15, -0.1) is 0 Å². The van der Waals surface area contributed by atoms with Crippen molar-refractivity contribution < 1.29 is 18.0 Å². The largest absolute Gasteiger partial charge is 0.418 e. The highest BCUT2D eigenvalue weighted by Gasteiger charge is 2.33. The van der Waals surface area contributed by atoms with Gasteiger partial charge in [0.15, 0.2) is 0 Å². The monoisotopic (exact) mass is 344 g/mol. The van der Waals surface area contributed by atoms with E-state index in [1.54, 1.807) is 0 Å². The summed E-state index contributed by atoms with van der Waals surface area (Å²) in [5, 5.41) is 2.06. The average Bonchev–Trinajstić information content (AvgIpc) is 2.59. The van der Waals surface area contributed by atoms with Crippen molar-refractivity contribution in [1.82, 2.24) is 5.43 Å². The Morgan fingerprint density at radius 3 is 2.32 bits per heavy atom. The number of nitrogens with one attached hydrogen (secondary N) is 2. The molecule has 0 aliphatic rings. The van der Waals surface area contributed by atoms with E-state index in [4.69, 9.17) is 0 Å². The van der Waals surface area contributed by atoms with E-state index in [1.165, 1.54) is 18.2 Å². The van der Waals surface area contributed by atoms with Crippen LogP contribution in [0.15, 0.2) is 66.7 Å². The normalized spacial score (nSPS) is 11.3. The van der Waals surface area contributed by atoms with Crippen LogP contribution in [0.3, 0.4) is 0 Å². The molecule has 2 N–H and O–H groups in total. The molecule has 25 heavy (non-hydrogen) atoms. The fourth-order valence-electron chi connectivity index (χ4n) is 2.55. The number of amides is 1. The third-order valence-corrected chi connectivity index (χ3v) is 3.75. The van der Waals surface area contributed by atoms with Crippen molar-refractivity contribution in [3.05, 3.63) is 77.9 Å². The lowest BCUT2D eigenvalue weighted by molar-refractivity contribution is -0.137. The lowest BCUT2D eigenvalue weighted by Gasteiger charge is -2.15. The highest BCUT2D eigenvalue weighted by Crippen LogP contribution is 2.34. The summed E-state index contributed by atoms with van der Waals surface area (Å²) in [5.41, 5.74) is 4.43. The first-order valence-electron chi connectivity index (χ1n) is 7.62. The molecule has 0 saturated carbocycles. The third kappa shape index (κ3) is 4.09. The predicted octanol–water partition coefficient (Wildman–Crippen LogP) is 4.54. The van der Waals surface area contributed by atoms with Gasteiger partial charge in [-0.2, -0.15) is 13.2 Å². The molecule has 1 amide bonds. The molecule has 0 atom stereocenters. The minimum absolute atomic E-state index is 0.0615. The number of halogens is 3. The second-order valence-electron chi connectivity index (χ2n) is 5.57. The molecule has 0 spiro atoms. The van der Waals surface area contributed by atoms with Gasteiger partial charge in [0.05, 0.1) is 17.7 Å². The van der Waals surface area contributed by atoms with E-state index < -0.39 is 17.6 Å². The summed E-state index contributed by atoms with van der Waals surface area (Å²) in [5.74, 6) is -0.424. The van der Waals surface area contributed by atoms with Crippen LogP contribution in [0.5, 0.6) is 0 Å². The molecule has 3 nitrogen and oxygen atoms in total. The highest BCUT2D eigenvalue weighted by atomic mass is 19.4. The third-order valence-electron chi connectivity index (χ3n) is 3.75. The number of carbonyl (C=O) groups is 1. The number of carbonyl (C=O) groups excluding carboxylic acids is 1. The Morgan fingerprint density at radius 1 is 0.880 bits per heavy atom. The molecular weight excluding hydrogens is 329 g/mol. The standard InChI is InChI=1S/C19H15F3N2O/c20-19(21,22)16-7-3-4-8-17(16)23-24-18(25)12-13-9-10-14-5-1-2-6-15(14)11-13/h1-11,23H,12H2,(H,24,25). The van der Waals surface area contributed by atoms with Crippen molar-refractivity contribution in [1.29, 1.82) is 0 Å². The smallest absolute Gasteiger partial charge is 0.298 e. The maximum absolute atomic E-state index is 12.9. The van der Waals surface area contributed by atoms with Gasteiger partial charge in [0.1, 0.15) is 0 Å². The van der Waals surface area contributed by atoms with Crippen molar-refractivity contribution in [3.8, 4) is 0 Å². The lowest BCUT2D eigenvalue weighted by atomic mass is 10.1. The molecule has 0 bridgehead atoms. The number of hydrogen-bond acceptors (Lipinski definition) is 2. The zero-order valence-corrected chi connectivity index (χ0v) is 13.1. The molecule has 3 aromatic carbocycles. The van der Waals surface area contributed by atoms with Gasteiger partial charge in [-0.1, -0.05) is 54.6 Å². The summed E-state index contributed by atoms with van der Waals surface area (Å²) in [7, 11) is 0. The maximum atomic E-state index is 12.9. The number of hydrazine groups is 1. The van der Waals surface area contributed by atoms with Crippen molar-refractivity contribution >= 4 is 22.4 Å². The quantitative estimate of drug-likeness (QED) is 0.682. The van der Waals surface area contributed by atoms with E-state index >= 15 is 0 Å². The topological polar surface area (TPSA) is 41.1 Å². The van der Waals surface area contributed by atoms with Gasteiger partial charge in [-0.05, 0) is 28.5 Å². The molecule has 0 aliphatic carbocycles. The predicted molar refractivity (Wildman–Crippen MR) is 90.9 cm³/mol. The van der Waals surface area contributed by atoms with Crippen LogP contribution in [0, 0.1) is 0 Å². The van der Waals surface area contributed by atoms with Crippen LogP contribution < -0.4 is 10.9 Å². The zero-order valence-electron chi connectivity index (χ0n) is 13.1. The number of alkyl halides is 3. The van der Waals surface area contributed by atoms with Crippen LogP contribution in [-0.2, 0) is 17.4 Å². The Balaban J connectivity index is 1.67. The van der Waals surface area contributed by atoms with E-state index in [-0.39, 0.29) is 12.1 Å². The first-order chi connectivity index (χ1) is 11.9. The molecule has 0 radical (unpaired) electrons. The van der Waals surface area contributed by atoms with Crippen LogP contribution in [-0.4, -0.2) is 5.91 Å². The lowest BCUT2D eigenvalue weighted by Crippen LogP contribution is -2.31. The van der Waals surface area contributed by atoms with Crippen LogP contribution in [0.25, 0.3) is 10.8 Å². The van der Waals surface area contributed by atoms with Crippen LogP contribution in [0.1, 0.15) is 11.1 Å². The number of para-hydroxylation sites is 1. The fourth-order valence-corrected chi connectivity index (χ4v) is 2.55. The molecule has 0 saturated heterocycles. The number of anilines is 1. The number of benzene rings is 3. The van der Waals surface area contributed by atoms with Crippen molar-refractivity contribution in [2.45, 2.75) is 12.6 Å². The van der Waals surface area contributed by atoms with Crippen molar-refractivity contribution in [2.24, 2.45) is 0 Å². The summed E-state index contributed by atoms with van der Waals surface area (Å²) in [6, 6.07) is 18.3. The van der Waals surface area contributed by atoms with Crippen LogP contribution >= 0.6 is 0 Å². The minimum Gasteiger partial charge on any atom is -0.298 e. The molecule has 0 aromatic heterocycles. The molecule has 3 aromatic rings.